The van der Waals surface area contributed by atoms with Gasteiger partial charge < -0.3 is 4.90 Å². The molecule has 3 heteroatoms. The fourth-order valence-electron chi connectivity index (χ4n) is 3.06. The molecule has 80 valence electrons. The van der Waals surface area contributed by atoms with Crippen molar-refractivity contribution in [3.8, 4) is 0 Å². The number of aromatic nitrogens is 2. The Morgan fingerprint density at radius 2 is 2.20 bits per heavy atom. The summed E-state index contributed by atoms with van der Waals surface area (Å²) in [6.07, 6.45) is 3.25. The first-order valence-electron chi connectivity index (χ1n) is 5.76. The Morgan fingerprint density at radius 1 is 1.33 bits per heavy atom. The number of nitrogens with zero attached hydrogens (tertiary/aromatic N) is 3. The van der Waals surface area contributed by atoms with Crippen LogP contribution in [0.15, 0.2) is 6.20 Å². The standard InChI is InChI=1S/C12H17N3/c1-8-5-13-12(9(2)14-8)11-7-15-4-3-10(11)6-15/h5,10-11H,3-4,6-7H2,1-2H3/t10?,11-/m0/s1. The molecular formula is C12H17N3. The lowest BCUT2D eigenvalue weighted by Gasteiger charge is -2.22. The van der Waals surface area contributed by atoms with Crippen LogP contribution >= 0.6 is 0 Å². The molecule has 3 heterocycles. The number of aryl methyl sites for hydroxylation is 2. The van der Waals surface area contributed by atoms with Crippen LogP contribution in [-0.4, -0.2) is 34.5 Å². The summed E-state index contributed by atoms with van der Waals surface area (Å²) in [5.74, 6) is 1.48. The molecule has 2 unspecified atom stereocenters. The maximum absolute atomic E-state index is 4.59. The van der Waals surface area contributed by atoms with Gasteiger partial charge in [0, 0.05) is 25.2 Å². The van der Waals surface area contributed by atoms with Crippen molar-refractivity contribution in [2.24, 2.45) is 5.92 Å². The maximum Gasteiger partial charge on any atom is 0.0663 e. The summed E-state index contributed by atoms with van der Waals surface area (Å²) in [7, 11) is 0. The highest BCUT2D eigenvalue weighted by molar-refractivity contribution is 5.21. The first-order chi connectivity index (χ1) is 7.24. The first-order valence-corrected chi connectivity index (χ1v) is 5.76. The number of hydrogen-bond acceptors (Lipinski definition) is 3. The Hall–Kier alpha value is -0.960. The van der Waals surface area contributed by atoms with Crippen molar-refractivity contribution < 1.29 is 0 Å². The third-order valence-corrected chi connectivity index (χ3v) is 3.79. The molecule has 2 bridgehead atoms. The van der Waals surface area contributed by atoms with Gasteiger partial charge in [-0.15, -0.1) is 0 Å². The quantitative estimate of drug-likeness (QED) is 0.693. The van der Waals surface area contributed by atoms with Crippen LogP contribution in [0.4, 0.5) is 0 Å². The normalized spacial score (nSPS) is 33.6. The van der Waals surface area contributed by atoms with Crippen molar-refractivity contribution in [3.05, 3.63) is 23.3 Å². The van der Waals surface area contributed by atoms with E-state index in [0.29, 0.717) is 5.92 Å². The van der Waals surface area contributed by atoms with Gasteiger partial charge in [0.2, 0.25) is 0 Å². The summed E-state index contributed by atoms with van der Waals surface area (Å²) < 4.78 is 0. The molecule has 1 aromatic heterocycles. The van der Waals surface area contributed by atoms with Crippen LogP contribution in [0.2, 0.25) is 0 Å². The highest BCUT2D eigenvalue weighted by Crippen LogP contribution is 2.39. The van der Waals surface area contributed by atoms with Crippen LogP contribution in [0.1, 0.15) is 29.4 Å². The highest BCUT2D eigenvalue weighted by atomic mass is 15.2. The van der Waals surface area contributed by atoms with Gasteiger partial charge in [-0.3, -0.25) is 9.97 Å². The van der Waals surface area contributed by atoms with Gasteiger partial charge in [-0.25, -0.2) is 0 Å². The van der Waals surface area contributed by atoms with E-state index in [0.717, 1.165) is 17.3 Å². The molecule has 0 aromatic carbocycles. The predicted octanol–water partition coefficient (Wildman–Crippen LogP) is 1.51. The number of hydrogen-bond donors (Lipinski definition) is 0. The molecule has 15 heavy (non-hydrogen) atoms. The van der Waals surface area contributed by atoms with Crippen molar-refractivity contribution in [3.63, 3.8) is 0 Å². The minimum atomic E-state index is 0.645. The van der Waals surface area contributed by atoms with Crippen LogP contribution in [0.25, 0.3) is 0 Å². The van der Waals surface area contributed by atoms with Crippen molar-refractivity contribution in [2.45, 2.75) is 26.2 Å². The zero-order valence-corrected chi connectivity index (χ0v) is 9.40. The number of rotatable bonds is 1. The van der Waals surface area contributed by atoms with Gasteiger partial charge >= 0.3 is 0 Å². The molecule has 3 atom stereocenters. The first kappa shape index (κ1) is 9.28. The molecule has 0 N–H and O–H groups in total. The summed E-state index contributed by atoms with van der Waals surface area (Å²) in [5.41, 5.74) is 3.40. The van der Waals surface area contributed by atoms with Crippen LogP contribution < -0.4 is 0 Å². The largest absolute Gasteiger partial charge is 0.302 e. The second kappa shape index (κ2) is 3.27. The highest BCUT2D eigenvalue weighted by Gasteiger charge is 2.40. The van der Waals surface area contributed by atoms with Crippen molar-refractivity contribution >= 4 is 0 Å². The molecule has 2 aliphatic heterocycles. The van der Waals surface area contributed by atoms with E-state index in [1.165, 1.54) is 31.7 Å². The molecular weight excluding hydrogens is 186 g/mol. The van der Waals surface area contributed by atoms with E-state index in [-0.39, 0.29) is 0 Å². The van der Waals surface area contributed by atoms with Crippen LogP contribution in [0.3, 0.4) is 0 Å². The predicted molar refractivity (Wildman–Crippen MR) is 58.8 cm³/mol. The van der Waals surface area contributed by atoms with Crippen molar-refractivity contribution in [2.75, 3.05) is 19.6 Å². The lowest BCUT2D eigenvalue weighted by Crippen LogP contribution is -2.23. The zero-order chi connectivity index (χ0) is 10.4. The summed E-state index contributed by atoms with van der Waals surface area (Å²) >= 11 is 0. The van der Waals surface area contributed by atoms with Crippen LogP contribution in [-0.2, 0) is 0 Å². The summed E-state index contributed by atoms with van der Waals surface area (Å²) in [5, 5.41) is 0. The Balaban J connectivity index is 1.93. The zero-order valence-electron chi connectivity index (χ0n) is 9.40. The Morgan fingerprint density at radius 3 is 2.80 bits per heavy atom. The number of fused-ring (bicyclic) bond motifs is 2. The van der Waals surface area contributed by atoms with Crippen molar-refractivity contribution in [1.29, 1.82) is 0 Å². The lowest BCUT2D eigenvalue weighted by atomic mass is 9.89. The lowest BCUT2D eigenvalue weighted by molar-refractivity contribution is 0.343. The smallest absolute Gasteiger partial charge is 0.0663 e. The number of piperidine rings is 1. The topological polar surface area (TPSA) is 29.0 Å². The molecule has 2 fully saturated rings. The Bertz CT molecular complexity index is 388. The molecule has 3 rings (SSSR count). The van der Waals surface area contributed by atoms with E-state index >= 15 is 0 Å². The summed E-state index contributed by atoms with van der Waals surface area (Å²) in [6, 6.07) is 0. The third kappa shape index (κ3) is 1.46. The van der Waals surface area contributed by atoms with E-state index in [1.54, 1.807) is 0 Å². The average Bonchev–Trinajstić information content (AvgIpc) is 2.78. The van der Waals surface area contributed by atoms with Gasteiger partial charge in [0.1, 0.15) is 0 Å². The van der Waals surface area contributed by atoms with Crippen LogP contribution in [0, 0.1) is 19.8 Å². The van der Waals surface area contributed by atoms with Gasteiger partial charge in [-0.2, -0.15) is 0 Å². The molecule has 0 aliphatic carbocycles. The molecule has 0 saturated carbocycles. The molecule has 2 saturated heterocycles. The van der Waals surface area contributed by atoms with E-state index in [9.17, 15) is 0 Å². The minimum absolute atomic E-state index is 0.645. The SMILES string of the molecule is Cc1cnc([C@H]2CN3CCC2C3)c(C)n1. The molecule has 3 nitrogen and oxygen atoms in total. The maximum atomic E-state index is 4.59. The molecule has 0 spiro atoms. The van der Waals surface area contributed by atoms with E-state index < -0.39 is 0 Å². The fraction of sp³-hybridized carbons (Fsp3) is 0.667. The molecule has 1 aromatic rings. The summed E-state index contributed by atoms with van der Waals surface area (Å²) in [4.78, 5) is 11.7. The van der Waals surface area contributed by atoms with Gasteiger partial charge in [-0.1, -0.05) is 0 Å². The van der Waals surface area contributed by atoms with Gasteiger partial charge in [0.15, 0.2) is 0 Å². The van der Waals surface area contributed by atoms with E-state index in [1.807, 2.05) is 13.1 Å². The minimum Gasteiger partial charge on any atom is -0.302 e. The van der Waals surface area contributed by atoms with Gasteiger partial charge in [-0.05, 0) is 32.7 Å². The Labute approximate surface area is 90.5 Å². The molecule has 0 amide bonds. The molecule has 0 radical (unpaired) electrons. The van der Waals surface area contributed by atoms with Gasteiger partial charge in [0.25, 0.3) is 0 Å². The van der Waals surface area contributed by atoms with Crippen LogP contribution in [0.5, 0.6) is 0 Å². The monoisotopic (exact) mass is 203 g/mol. The second-order valence-corrected chi connectivity index (χ2v) is 4.90. The fourth-order valence-corrected chi connectivity index (χ4v) is 3.06. The Kier molecular flexibility index (Phi) is 2.02. The van der Waals surface area contributed by atoms with Crippen molar-refractivity contribution in [1.82, 2.24) is 14.9 Å². The van der Waals surface area contributed by atoms with E-state index in [2.05, 4.69) is 21.8 Å². The molecule has 2 aliphatic rings. The van der Waals surface area contributed by atoms with Gasteiger partial charge in [0.05, 0.1) is 17.1 Å². The van der Waals surface area contributed by atoms with E-state index in [4.69, 9.17) is 0 Å². The third-order valence-electron chi connectivity index (χ3n) is 3.79. The summed E-state index contributed by atoms with van der Waals surface area (Å²) in [6.45, 7) is 7.87. The second-order valence-electron chi connectivity index (χ2n) is 4.90. The average molecular weight is 203 g/mol.